The second-order valence-corrected chi connectivity index (χ2v) is 5.04. The standard InChI is InChI=1S/C11H15F3N2O5/c12-11(13,14)21-8-1-7(2-8)20-5-9(17)15-6-3-16(4-6)10(18)19/h6-8H,1-5H2,(H,15,17)(H,18,19). The lowest BCUT2D eigenvalue weighted by Crippen LogP contribution is -2.61. The third-order valence-corrected chi connectivity index (χ3v) is 3.32. The SMILES string of the molecule is O=C(COC1CC(OC(F)(F)F)C1)NC1CN(C(=O)O)C1. The number of amides is 2. The number of nitrogens with zero attached hydrogens (tertiary/aromatic N) is 1. The van der Waals surface area contributed by atoms with Gasteiger partial charge in [0, 0.05) is 25.9 Å². The first-order chi connectivity index (χ1) is 9.73. The van der Waals surface area contributed by atoms with Crippen LogP contribution in [0.5, 0.6) is 0 Å². The van der Waals surface area contributed by atoms with Crippen LogP contribution in [0.4, 0.5) is 18.0 Å². The molecule has 0 aromatic carbocycles. The Bertz CT molecular complexity index is 405. The maximum Gasteiger partial charge on any atom is 0.522 e. The number of nitrogens with one attached hydrogen (secondary N) is 1. The second-order valence-electron chi connectivity index (χ2n) is 5.04. The number of carbonyl (C=O) groups excluding carboxylic acids is 1. The Kier molecular flexibility index (Phi) is 4.57. The smallest absolute Gasteiger partial charge is 0.465 e. The number of alkyl halides is 3. The number of hydrogen-bond acceptors (Lipinski definition) is 4. The highest BCUT2D eigenvalue weighted by Crippen LogP contribution is 2.31. The molecule has 0 spiro atoms. The lowest BCUT2D eigenvalue weighted by atomic mass is 9.92. The Balaban J connectivity index is 1.52. The van der Waals surface area contributed by atoms with E-state index in [2.05, 4.69) is 10.1 Å². The van der Waals surface area contributed by atoms with Crippen molar-refractivity contribution in [2.45, 2.75) is 37.5 Å². The molecule has 2 fully saturated rings. The van der Waals surface area contributed by atoms with E-state index < -0.39 is 30.6 Å². The van der Waals surface area contributed by atoms with Crippen LogP contribution in [0.1, 0.15) is 12.8 Å². The average Bonchev–Trinajstić information content (AvgIpc) is 2.23. The van der Waals surface area contributed by atoms with E-state index >= 15 is 0 Å². The van der Waals surface area contributed by atoms with Gasteiger partial charge in [-0.2, -0.15) is 0 Å². The number of halogens is 3. The molecule has 2 N–H and O–H groups in total. The zero-order valence-electron chi connectivity index (χ0n) is 10.9. The van der Waals surface area contributed by atoms with Gasteiger partial charge >= 0.3 is 12.5 Å². The van der Waals surface area contributed by atoms with Gasteiger partial charge in [0.05, 0.1) is 18.2 Å². The normalized spacial score (nSPS) is 26.0. The quantitative estimate of drug-likeness (QED) is 0.774. The monoisotopic (exact) mass is 312 g/mol. The molecule has 1 saturated carbocycles. The molecule has 10 heteroatoms. The van der Waals surface area contributed by atoms with Crippen LogP contribution in [0.25, 0.3) is 0 Å². The number of ether oxygens (including phenoxy) is 2. The van der Waals surface area contributed by atoms with Crippen molar-refractivity contribution >= 4 is 12.0 Å². The summed E-state index contributed by atoms with van der Waals surface area (Å²) in [6.45, 7) is 0.199. The largest absolute Gasteiger partial charge is 0.522 e. The van der Waals surface area contributed by atoms with Crippen LogP contribution in [0.15, 0.2) is 0 Å². The summed E-state index contributed by atoms with van der Waals surface area (Å²) in [7, 11) is 0. The van der Waals surface area contributed by atoms with E-state index in [1.165, 1.54) is 0 Å². The minimum atomic E-state index is -4.65. The van der Waals surface area contributed by atoms with Crippen LogP contribution >= 0.6 is 0 Å². The van der Waals surface area contributed by atoms with Gasteiger partial charge in [0.15, 0.2) is 0 Å². The summed E-state index contributed by atoms with van der Waals surface area (Å²) in [6, 6.07) is -0.236. The first-order valence-electron chi connectivity index (χ1n) is 6.36. The van der Waals surface area contributed by atoms with Crippen LogP contribution < -0.4 is 5.32 Å². The molecular weight excluding hydrogens is 297 g/mol. The number of hydrogen-bond donors (Lipinski definition) is 2. The van der Waals surface area contributed by atoms with Gasteiger partial charge in [0.2, 0.25) is 5.91 Å². The second kappa shape index (κ2) is 6.06. The van der Waals surface area contributed by atoms with Gasteiger partial charge in [-0.1, -0.05) is 0 Å². The van der Waals surface area contributed by atoms with E-state index in [9.17, 15) is 22.8 Å². The highest BCUT2D eigenvalue weighted by molar-refractivity contribution is 5.78. The van der Waals surface area contributed by atoms with Crippen LogP contribution in [-0.4, -0.2) is 66.3 Å². The van der Waals surface area contributed by atoms with Crippen LogP contribution in [-0.2, 0) is 14.3 Å². The summed E-state index contributed by atoms with van der Waals surface area (Å²) < 4.78 is 44.6. The molecule has 1 saturated heterocycles. The number of carboxylic acid groups (broad SMARTS) is 1. The van der Waals surface area contributed by atoms with Gasteiger partial charge in [-0.05, 0) is 0 Å². The van der Waals surface area contributed by atoms with Crippen LogP contribution in [0.2, 0.25) is 0 Å². The molecular formula is C11H15F3N2O5. The van der Waals surface area contributed by atoms with Crippen LogP contribution in [0, 0.1) is 0 Å². The van der Waals surface area contributed by atoms with Gasteiger partial charge in [0.25, 0.3) is 0 Å². The molecule has 21 heavy (non-hydrogen) atoms. The fourth-order valence-electron chi connectivity index (χ4n) is 2.13. The molecule has 1 heterocycles. The Morgan fingerprint density at radius 1 is 1.24 bits per heavy atom. The maximum atomic E-state index is 11.9. The lowest BCUT2D eigenvalue weighted by molar-refractivity contribution is -0.357. The Labute approximate surface area is 118 Å². The summed E-state index contributed by atoms with van der Waals surface area (Å²) in [6.07, 6.45) is -6.81. The predicted molar refractivity (Wildman–Crippen MR) is 61.4 cm³/mol. The molecule has 1 aliphatic carbocycles. The summed E-state index contributed by atoms with van der Waals surface area (Å²) in [5, 5.41) is 11.2. The number of likely N-dealkylation sites (tertiary alicyclic amines) is 1. The van der Waals surface area contributed by atoms with E-state index in [1.807, 2.05) is 0 Å². The summed E-state index contributed by atoms with van der Waals surface area (Å²) in [5.41, 5.74) is 0. The number of rotatable bonds is 5. The average molecular weight is 312 g/mol. The molecule has 1 aliphatic heterocycles. The molecule has 2 rings (SSSR count). The summed E-state index contributed by atoms with van der Waals surface area (Å²) >= 11 is 0. The first-order valence-corrected chi connectivity index (χ1v) is 6.36. The molecule has 0 bridgehead atoms. The van der Waals surface area contributed by atoms with Gasteiger partial charge < -0.3 is 20.1 Å². The van der Waals surface area contributed by atoms with E-state index in [-0.39, 0.29) is 38.6 Å². The van der Waals surface area contributed by atoms with Crippen molar-refractivity contribution in [3.63, 3.8) is 0 Å². The molecule has 120 valence electrons. The van der Waals surface area contributed by atoms with E-state index in [0.29, 0.717) is 0 Å². The van der Waals surface area contributed by atoms with Gasteiger partial charge in [-0.15, -0.1) is 13.2 Å². The molecule has 2 aliphatic rings. The van der Waals surface area contributed by atoms with Crippen molar-refractivity contribution in [1.29, 1.82) is 0 Å². The fraction of sp³-hybridized carbons (Fsp3) is 0.818. The minimum Gasteiger partial charge on any atom is -0.465 e. The van der Waals surface area contributed by atoms with Crippen molar-refractivity contribution in [3.8, 4) is 0 Å². The van der Waals surface area contributed by atoms with E-state index in [4.69, 9.17) is 9.84 Å². The van der Waals surface area contributed by atoms with Crippen molar-refractivity contribution < 1.29 is 37.3 Å². The van der Waals surface area contributed by atoms with E-state index in [1.54, 1.807) is 0 Å². The fourth-order valence-corrected chi connectivity index (χ4v) is 2.13. The third kappa shape index (κ3) is 4.74. The first kappa shape index (κ1) is 15.8. The third-order valence-electron chi connectivity index (χ3n) is 3.32. The van der Waals surface area contributed by atoms with Crippen molar-refractivity contribution in [3.05, 3.63) is 0 Å². The molecule has 0 unspecified atom stereocenters. The van der Waals surface area contributed by atoms with E-state index in [0.717, 1.165) is 4.90 Å². The predicted octanol–water partition coefficient (Wildman–Crippen LogP) is 0.549. The Morgan fingerprint density at radius 2 is 1.86 bits per heavy atom. The molecule has 0 atom stereocenters. The van der Waals surface area contributed by atoms with Crippen molar-refractivity contribution in [2.75, 3.05) is 19.7 Å². The van der Waals surface area contributed by atoms with Gasteiger partial charge in [0.1, 0.15) is 6.61 Å². The molecule has 0 aromatic rings. The minimum absolute atomic E-state index is 0.100. The van der Waals surface area contributed by atoms with Gasteiger partial charge in [-0.25, -0.2) is 4.79 Å². The zero-order valence-corrected chi connectivity index (χ0v) is 10.9. The highest BCUT2D eigenvalue weighted by Gasteiger charge is 2.40. The van der Waals surface area contributed by atoms with Crippen molar-refractivity contribution in [1.82, 2.24) is 10.2 Å². The highest BCUT2D eigenvalue weighted by atomic mass is 19.4. The Hall–Kier alpha value is -1.55. The maximum absolute atomic E-state index is 11.9. The Morgan fingerprint density at radius 3 is 2.38 bits per heavy atom. The zero-order chi connectivity index (χ0) is 15.6. The summed E-state index contributed by atoms with van der Waals surface area (Å²) in [4.78, 5) is 23.1. The molecule has 7 nitrogen and oxygen atoms in total. The van der Waals surface area contributed by atoms with Crippen molar-refractivity contribution in [2.24, 2.45) is 0 Å². The summed E-state index contributed by atoms with van der Waals surface area (Å²) in [5.74, 6) is -0.412. The van der Waals surface area contributed by atoms with Crippen LogP contribution in [0.3, 0.4) is 0 Å². The topological polar surface area (TPSA) is 88.1 Å². The molecule has 0 aromatic heterocycles. The number of carbonyl (C=O) groups is 2. The lowest BCUT2D eigenvalue weighted by Gasteiger charge is -2.38. The molecule has 2 amide bonds. The molecule has 0 radical (unpaired) electrons. The van der Waals surface area contributed by atoms with Gasteiger partial charge in [-0.3, -0.25) is 9.53 Å².